The molecule has 2 heterocycles. The maximum absolute atomic E-state index is 2.46. The summed E-state index contributed by atoms with van der Waals surface area (Å²) in [7, 11) is 0. The molecule has 60 heavy (non-hydrogen) atoms. The van der Waals surface area contributed by atoms with Gasteiger partial charge in [-0.2, -0.15) is 0 Å². The van der Waals surface area contributed by atoms with E-state index in [1.54, 1.807) is 0 Å². The Hall–Kier alpha value is -6.78. The summed E-state index contributed by atoms with van der Waals surface area (Å²) in [4.78, 5) is 2.45. The number of rotatable bonds is 8. The number of hydrogen-bond acceptors (Lipinski definition) is 3. The number of benzene rings is 9. The van der Waals surface area contributed by atoms with E-state index in [2.05, 4.69) is 225 Å². The highest BCUT2D eigenvalue weighted by Crippen LogP contribution is 2.47. The minimum Gasteiger partial charge on any atom is -0.309 e. The highest BCUT2D eigenvalue weighted by atomic mass is 32.1. The van der Waals surface area contributed by atoms with Gasteiger partial charge in [-0.15, -0.1) is 22.7 Å². The van der Waals surface area contributed by atoms with E-state index in [1.807, 2.05) is 22.7 Å². The van der Waals surface area contributed by atoms with Crippen LogP contribution in [-0.2, 0) is 0 Å². The summed E-state index contributed by atoms with van der Waals surface area (Å²) in [6.07, 6.45) is 0. The first-order valence-corrected chi connectivity index (χ1v) is 22.3. The summed E-state index contributed by atoms with van der Waals surface area (Å²) < 4.78 is 5.23. The number of aryl methyl sites for hydroxylation is 1. The molecule has 1 nitrogen and oxygen atoms in total. The van der Waals surface area contributed by atoms with Crippen molar-refractivity contribution in [2.45, 2.75) is 19.8 Å². The lowest BCUT2D eigenvalue weighted by atomic mass is 9.84. The van der Waals surface area contributed by atoms with Gasteiger partial charge in [-0.3, -0.25) is 0 Å². The fourth-order valence-corrected chi connectivity index (χ4v) is 11.5. The van der Waals surface area contributed by atoms with Crippen LogP contribution in [0.5, 0.6) is 0 Å². The number of fused-ring (bicyclic) bond motifs is 6. The Balaban J connectivity index is 1.07. The second-order valence-electron chi connectivity index (χ2n) is 15.7. The van der Waals surface area contributed by atoms with Crippen molar-refractivity contribution in [1.29, 1.82) is 0 Å². The van der Waals surface area contributed by atoms with Crippen LogP contribution >= 0.6 is 22.7 Å². The van der Waals surface area contributed by atoms with Crippen molar-refractivity contribution in [3.63, 3.8) is 0 Å². The Labute approximate surface area is 359 Å². The van der Waals surface area contributed by atoms with Crippen LogP contribution in [-0.4, -0.2) is 0 Å². The minimum atomic E-state index is 0.177. The summed E-state index contributed by atoms with van der Waals surface area (Å²) in [5.74, 6) is 0.177. The molecule has 0 spiro atoms. The molecule has 0 bridgehead atoms. The first-order valence-electron chi connectivity index (χ1n) is 20.7. The van der Waals surface area contributed by atoms with Gasteiger partial charge in [-0.1, -0.05) is 159 Å². The van der Waals surface area contributed by atoms with Gasteiger partial charge >= 0.3 is 0 Å². The molecular formula is C57H41NS2. The molecule has 0 fully saturated rings. The lowest BCUT2D eigenvalue weighted by Gasteiger charge is -2.27. The maximum Gasteiger partial charge on any atom is 0.0640 e. The Morgan fingerprint density at radius 2 is 1.02 bits per heavy atom. The molecule has 3 heteroatoms. The van der Waals surface area contributed by atoms with E-state index in [1.165, 1.54) is 96.1 Å². The van der Waals surface area contributed by atoms with Crippen molar-refractivity contribution < 1.29 is 0 Å². The molecule has 1 unspecified atom stereocenters. The first-order chi connectivity index (χ1) is 29.6. The summed E-state index contributed by atoms with van der Waals surface area (Å²) in [5.41, 5.74) is 14.9. The topological polar surface area (TPSA) is 3.24 Å². The zero-order valence-electron chi connectivity index (χ0n) is 33.5. The number of nitrogens with zero attached hydrogens (tertiary/aromatic N) is 1. The van der Waals surface area contributed by atoms with E-state index < -0.39 is 0 Å². The summed E-state index contributed by atoms with van der Waals surface area (Å²) in [5, 5.41) is 5.23. The average molecular weight is 804 g/mol. The largest absolute Gasteiger partial charge is 0.309 e. The van der Waals surface area contributed by atoms with E-state index in [9.17, 15) is 0 Å². The quantitative estimate of drug-likeness (QED) is 0.148. The van der Waals surface area contributed by atoms with Crippen LogP contribution in [0.4, 0.5) is 17.1 Å². The van der Waals surface area contributed by atoms with Gasteiger partial charge in [0, 0.05) is 52.9 Å². The van der Waals surface area contributed by atoms with E-state index in [4.69, 9.17) is 0 Å². The molecule has 0 radical (unpaired) electrons. The van der Waals surface area contributed by atoms with Crippen LogP contribution in [0.3, 0.4) is 0 Å². The third kappa shape index (κ3) is 6.30. The van der Waals surface area contributed by atoms with Gasteiger partial charge in [0.2, 0.25) is 0 Å². The molecule has 11 aromatic rings. The van der Waals surface area contributed by atoms with Crippen LogP contribution in [0, 0.1) is 6.92 Å². The van der Waals surface area contributed by atoms with Crippen molar-refractivity contribution in [2.24, 2.45) is 0 Å². The monoisotopic (exact) mass is 803 g/mol. The normalized spacial score (nSPS) is 12.1. The second-order valence-corrected chi connectivity index (χ2v) is 17.8. The van der Waals surface area contributed by atoms with Gasteiger partial charge in [-0.25, -0.2) is 0 Å². The van der Waals surface area contributed by atoms with Gasteiger partial charge in [-0.05, 0) is 112 Å². The third-order valence-corrected chi connectivity index (χ3v) is 14.6. The standard InChI is InChI=1S/C57H41NS2/c1-37-16-6-7-21-45(37)47-23-9-8-22-46(47)38(2)42-35-51(56-52(36-42)49-25-11-13-29-55(49)59-56)40-30-32-43(33-31-40)58(44-20-14-19-41(34-44)39-17-4-3-5-18-39)53-27-15-26-50-48-24-10-12-28-54(48)60-57(50)53/h3-36,38H,1-2H3. The highest BCUT2D eigenvalue weighted by Gasteiger charge is 2.22. The molecule has 1 atom stereocenters. The van der Waals surface area contributed by atoms with Crippen LogP contribution in [0.15, 0.2) is 206 Å². The molecule has 0 aliphatic heterocycles. The maximum atomic E-state index is 2.46. The lowest BCUT2D eigenvalue weighted by Crippen LogP contribution is -2.10. The van der Waals surface area contributed by atoms with Crippen molar-refractivity contribution in [1.82, 2.24) is 0 Å². The Morgan fingerprint density at radius 3 is 1.80 bits per heavy atom. The smallest absolute Gasteiger partial charge is 0.0640 e. The molecule has 0 aliphatic carbocycles. The average Bonchev–Trinajstić information content (AvgIpc) is 3.89. The Bertz CT molecular complexity index is 3350. The molecule has 9 aromatic carbocycles. The summed E-state index contributed by atoms with van der Waals surface area (Å²) >= 11 is 3.77. The predicted molar refractivity (Wildman–Crippen MR) is 262 cm³/mol. The van der Waals surface area contributed by atoms with E-state index >= 15 is 0 Å². The van der Waals surface area contributed by atoms with Gasteiger partial charge in [0.05, 0.1) is 10.4 Å². The number of thiophene rings is 2. The summed E-state index contributed by atoms with van der Waals surface area (Å²) in [6, 6.07) is 76.0. The van der Waals surface area contributed by atoms with Crippen molar-refractivity contribution in [3.05, 3.63) is 223 Å². The molecule has 0 saturated carbocycles. The molecule has 286 valence electrons. The van der Waals surface area contributed by atoms with Crippen molar-refractivity contribution in [2.75, 3.05) is 4.90 Å². The van der Waals surface area contributed by atoms with Crippen LogP contribution in [0.1, 0.15) is 29.5 Å². The highest BCUT2D eigenvalue weighted by molar-refractivity contribution is 7.26. The number of hydrogen-bond donors (Lipinski definition) is 0. The van der Waals surface area contributed by atoms with Crippen LogP contribution < -0.4 is 4.90 Å². The molecule has 11 rings (SSSR count). The molecule has 2 aromatic heterocycles. The zero-order valence-corrected chi connectivity index (χ0v) is 35.1. The van der Waals surface area contributed by atoms with Crippen LogP contribution in [0.25, 0.3) is 73.7 Å². The van der Waals surface area contributed by atoms with Crippen LogP contribution in [0.2, 0.25) is 0 Å². The molecule has 0 aliphatic rings. The molecule has 0 saturated heterocycles. The lowest BCUT2D eigenvalue weighted by molar-refractivity contribution is 0.927. The minimum absolute atomic E-state index is 0.177. The molecular weight excluding hydrogens is 763 g/mol. The third-order valence-electron chi connectivity index (χ3n) is 12.1. The van der Waals surface area contributed by atoms with E-state index in [0.29, 0.717) is 0 Å². The summed E-state index contributed by atoms with van der Waals surface area (Å²) in [6.45, 7) is 4.59. The fraction of sp³-hybridized carbons (Fsp3) is 0.0526. The zero-order chi connectivity index (χ0) is 40.2. The van der Waals surface area contributed by atoms with E-state index in [-0.39, 0.29) is 5.92 Å². The van der Waals surface area contributed by atoms with Gasteiger partial charge in [0.15, 0.2) is 0 Å². The molecule has 0 amide bonds. The second kappa shape index (κ2) is 15.1. The first kappa shape index (κ1) is 36.3. The number of anilines is 3. The van der Waals surface area contributed by atoms with E-state index in [0.717, 1.165) is 11.4 Å². The Kier molecular flexibility index (Phi) is 9.14. The predicted octanol–water partition coefficient (Wildman–Crippen LogP) is 17.4. The SMILES string of the molecule is Cc1ccccc1-c1ccccc1C(C)c1cc(-c2ccc(N(c3cccc(-c4ccccc4)c3)c3cccc4c3sc3ccccc34)cc2)c2sc3ccccc3c2c1. The fourth-order valence-electron chi connectivity index (χ4n) is 9.07. The van der Waals surface area contributed by atoms with Crippen molar-refractivity contribution >= 4 is 80.1 Å². The van der Waals surface area contributed by atoms with Gasteiger partial charge in [0.1, 0.15) is 0 Å². The van der Waals surface area contributed by atoms with Crippen molar-refractivity contribution in [3.8, 4) is 33.4 Å². The van der Waals surface area contributed by atoms with Gasteiger partial charge in [0.25, 0.3) is 0 Å². The molecule has 0 N–H and O–H groups in total. The van der Waals surface area contributed by atoms with Gasteiger partial charge < -0.3 is 4.90 Å². The Morgan fingerprint density at radius 1 is 0.400 bits per heavy atom.